The molecule has 1 aliphatic carbocycles. The molecule has 0 amide bonds. The van der Waals surface area contributed by atoms with E-state index in [1.54, 1.807) is 18.3 Å². The summed E-state index contributed by atoms with van der Waals surface area (Å²) in [4.78, 5) is 4.17. The van der Waals surface area contributed by atoms with Crippen LogP contribution in [-0.4, -0.2) is 11.0 Å². The maximum atomic E-state index is 5.69. The molecule has 1 saturated carbocycles. The minimum absolute atomic E-state index is 0.351. The lowest BCUT2D eigenvalue weighted by atomic mass is 10.4. The van der Waals surface area contributed by atoms with Gasteiger partial charge in [-0.3, -0.25) is 0 Å². The zero-order valence-electron chi connectivity index (χ0n) is 8.57. The van der Waals surface area contributed by atoms with Gasteiger partial charge >= 0.3 is 0 Å². The second-order valence-electron chi connectivity index (χ2n) is 3.88. The topological polar surface area (TPSA) is 51.2 Å². The molecule has 2 heterocycles. The molecule has 3 rings (SSSR count). The van der Waals surface area contributed by atoms with Gasteiger partial charge in [0.1, 0.15) is 0 Å². The van der Waals surface area contributed by atoms with E-state index < -0.39 is 0 Å². The quantitative estimate of drug-likeness (QED) is 0.890. The Bertz CT molecular complexity index is 488. The minimum Gasteiger partial charge on any atom is -0.441 e. The summed E-state index contributed by atoms with van der Waals surface area (Å²) in [7, 11) is 0. The highest BCUT2D eigenvalue weighted by Gasteiger charge is 2.21. The summed E-state index contributed by atoms with van der Waals surface area (Å²) < 4.78 is 10.8. The number of aromatic nitrogens is 1. The Hall–Kier alpha value is -1.26. The fraction of sp³-hybridized carbons (Fsp3) is 0.364. The molecular weight excluding hydrogens is 228 g/mol. The normalized spacial score (nSPS) is 15.6. The van der Waals surface area contributed by atoms with E-state index in [0.29, 0.717) is 35.2 Å². The van der Waals surface area contributed by atoms with E-state index in [-0.39, 0.29) is 0 Å². The maximum absolute atomic E-state index is 5.69. The summed E-state index contributed by atoms with van der Waals surface area (Å²) >= 11 is 5.69. The number of furan rings is 1. The second kappa shape index (κ2) is 3.96. The molecule has 0 atom stereocenters. The van der Waals surface area contributed by atoms with Gasteiger partial charge in [-0.1, -0.05) is 0 Å². The first kappa shape index (κ1) is 9.93. The number of rotatable bonds is 4. The summed E-state index contributed by atoms with van der Waals surface area (Å²) in [5.41, 5.74) is 0. The molecule has 1 N–H and O–H groups in total. The van der Waals surface area contributed by atoms with Crippen molar-refractivity contribution in [1.29, 1.82) is 0 Å². The van der Waals surface area contributed by atoms with Crippen molar-refractivity contribution in [3.63, 3.8) is 0 Å². The number of oxazole rings is 1. The summed E-state index contributed by atoms with van der Waals surface area (Å²) in [6.45, 7) is 0.666. The molecule has 4 nitrogen and oxygen atoms in total. The van der Waals surface area contributed by atoms with Gasteiger partial charge in [-0.2, -0.15) is 0 Å². The van der Waals surface area contributed by atoms with Gasteiger partial charge < -0.3 is 14.2 Å². The molecule has 5 heteroatoms. The molecule has 1 fully saturated rings. The van der Waals surface area contributed by atoms with Crippen LogP contribution < -0.4 is 5.32 Å². The Kier molecular flexibility index (Phi) is 2.46. The molecule has 84 valence electrons. The van der Waals surface area contributed by atoms with Crippen LogP contribution in [0.15, 0.2) is 27.2 Å². The molecule has 0 spiro atoms. The molecule has 16 heavy (non-hydrogen) atoms. The monoisotopic (exact) mass is 238 g/mol. The third kappa shape index (κ3) is 2.13. The van der Waals surface area contributed by atoms with Crippen molar-refractivity contribution in [3.05, 3.63) is 29.4 Å². The number of hydrogen-bond acceptors (Lipinski definition) is 4. The Labute approximate surface area is 97.6 Å². The van der Waals surface area contributed by atoms with Gasteiger partial charge in [0, 0.05) is 6.04 Å². The van der Waals surface area contributed by atoms with Crippen molar-refractivity contribution in [2.75, 3.05) is 0 Å². The average molecular weight is 239 g/mol. The number of hydrogen-bond donors (Lipinski definition) is 1. The van der Waals surface area contributed by atoms with Crippen LogP contribution >= 0.6 is 11.6 Å². The van der Waals surface area contributed by atoms with Crippen LogP contribution in [0.1, 0.15) is 18.7 Å². The Morgan fingerprint density at radius 2 is 2.19 bits per heavy atom. The van der Waals surface area contributed by atoms with Crippen molar-refractivity contribution < 1.29 is 8.83 Å². The van der Waals surface area contributed by atoms with Crippen LogP contribution in [0.4, 0.5) is 0 Å². The molecule has 0 radical (unpaired) electrons. The first-order valence-corrected chi connectivity index (χ1v) is 5.63. The van der Waals surface area contributed by atoms with Crippen molar-refractivity contribution in [2.45, 2.75) is 25.4 Å². The number of nitrogens with one attached hydrogen (secondary N) is 1. The highest BCUT2D eigenvalue weighted by molar-refractivity contribution is 6.28. The van der Waals surface area contributed by atoms with E-state index >= 15 is 0 Å². The largest absolute Gasteiger partial charge is 0.441 e. The van der Waals surface area contributed by atoms with Gasteiger partial charge in [0.2, 0.25) is 5.89 Å². The first-order valence-electron chi connectivity index (χ1n) is 5.25. The zero-order chi connectivity index (χ0) is 11.0. The van der Waals surface area contributed by atoms with E-state index in [0.717, 1.165) is 0 Å². The standard InChI is InChI=1S/C11H11ClN2O2/c12-10-4-3-8(15-10)9-5-14-11(16-9)6-13-7-1-2-7/h3-5,7,13H,1-2,6H2. The van der Waals surface area contributed by atoms with Gasteiger partial charge in [0.25, 0.3) is 0 Å². The van der Waals surface area contributed by atoms with Gasteiger partial charge in [0.05, 0.1) is 12.7 Å². The number of nitrogens with zero attached hydrogens (tertiary/aromatic N) is 1. The van der Waals surface area contributed by atoms with Crippen molar-refractivity contribution in [1.82, 2.24) is 10.3 Å². The summed E-state index contributed by atoms with van der Waals surface area (Å²) in [6, 6.07) is 4.09. The Balaban J connectivity index is 1.71. The molecule has 0 saturated heterocycles. The predicted molar refractivity (Wildman–Crippen MR) is 59.1 cm³/mol. The van der Waals surface area contributed by atoms with Gasteiger partial charge in [-0.05, 0) is 36.6 Å². The lowest BCUT2D eigenvalue weighted by molar-refractivity contribution is 0.461. The average Bonchev–Trinajstić information content (AvgIpc) is 2.81. The molecule has 0 aromatic carbocycles. The van der Waals surface area contributed by atoms with Gasteiger partial charge in [0.15, 0.2) is 16.7 Å². The Morgan fingerprint density at radius 3 is 2.88 bits per heavy atom. The van der Waals surface area contributed by atoms with E-state index in [1.165, 1.54) is 12.8 Å². The van der Waals surface area contributed by atoms with Gasteiger partial charge in [-0.25, -0.2) is 4.98 Å². The van der Waals surface area contributed by atoms with Crippen LogP contribution in [0.2, 0.25) is 5.22 Å². The fourth-order valence-electron chi connectivity index (χ4n) is 1.47. The second-order valence-corrected chi connectivity index (χ2v) is 4.25. The van der Waals surface area contributed by atoms with Crippen molar-refractivity contribution in [2.24, 2.45) is 0 Å². The molecule has 1 aliphatic rings. The lowest BCUT2D eigenvalue weighted by Crippen LogP contribution is -2.15. The molecule has 0 aliphatic heterocycles. The molecular formula is C11H11ClN2O2. The van der Waals surface area contributed by atoms with E-state index in [1.807, 2.05) is 0 Å². The van der Waals surface area contributed by atoms with Crippen molar-refractivity contribution >= 4 is 11.6 Å². The summed E-state index contributed by atoms with van der Waals surface area (Å²) in [5, 5.41) is 3.68. The molecule has 0 unspecified atom stereocenters. The third-order valence-electron chi connectivity index (χ3n) is 2.49. The SMILES string of the molecule is Clc1ccc(-c2cnc(CNC3CC3)o2)o1. The number of halogens is 1. The first-order chi connectivity index (χ1) is 7.81. The van der Waals surface area contributed by atoms with Crippen LogP contribution in [-0.2, 0) is 6.54 Å². The third-order valence-corrected chi connectivity index (χ3v) is 2.69. The van der Waals surface area contributed by atoms with E-state index in [4.69, 9.17) is 20.4 Å². The minimum atomic E-state index is 0.351. The highest BCUT2D eigenvalue weighted by atomic mass is 35.5. The fourth-order valence-corrected chi connectivity index (χ4v) is 1.62. The molecule has 0 bridgehead atoms. The zero-order valence-corrected chi connectivity index (χ0v) is 9.33. The van der Waals surface area contributed by atoms with Gasteiger partial charge in [-0.15, -0.1) is 0 Å². The lowest BCUT2D eigenvalue weighted by Gasteiger charge is -1.96. The van der Waals surface area contributed by atoms with E-state index in [9.17, 15) is 0 Å². The molecule has 2 aromatic heterocycles. The van der Waals surface area contributed by atoms with Crippen LogP contribution in [0.3, 0.4) is 0 Å². The maximum Gasteiger partial charge on any atom is 0.209 e. The van der Waals surface area contributed by atoms with Crippen LogP contribution in [0, 0.1) is 0 Å². The summed E-state index contributed by atoms with van der Waals surface area (Å²) in [5.74, 6) is 1.89. The highest BCUT2D eigenvalue weighted by Crippen LogP contribution is 2.25. The Morgan fingerprint density at radius 1 is 1.31 bits per heavy atom. The van der Waals surface area contributed by atoms with Crippen LogP contribution in [0.25, 0.3) is 11.5 Å². The van der Waals surface area contributed by atoms with Crippen molar-refractivity contribution in [3.8, 4) is 11.5 Å². The van der Waals surface area contributed by atoms with Crippen LogP contribution in [0.5, 0.6) is 0 Å². The predicted octanol–water partition coefficient (Wildman–Crippen LogP) is 2.84. The van der Waals surface area contributed by atoms with E-state index in [2.05, 4.69) is 10.3 Å². The molecule has 2 aromatic rings. The smallest absolute Gasteiger partial charge is 0.209 e. The summed E-state index contributed by atoms with van der Waals surface area (Å²) in [6.07, 6.45) is 4.15.